The van der Waals surface area contributed by atoms with Crippen LogP contribution in [0.2, 0.25) is 0 Å². The van der Waals surface area contributed by atoms with E-state index in [9.17, 15) is 13.2 Å². The normalized spacial score (nSPS) is 16.0. The van der Waals surface area contributed by atoms with Crippen molar-refractivity contribution in [3.8, 4) is 6.07 Å². The molecule has 0 N–H and O–H groups in total. The Morgan fingerprint density at radius 1 is 1.18 bits per heavy atom. The Hall–Kier alpha value is -1.91. The average molecular weight is 322 g/mol. The number of hydrogen-bond acceptors (Lipinski definition) is 5. The topological polar surface area (TPSA) is 87.5 Å². The van der Waals surface area contributed by atoms with Gasteiger partial charge in [-0.3, -0.25) is 4.79 Å². The van der Waals surface area contributed by atoms with Gasteiger partial charge in [0.15, 0.2) is 6.61 Å². The molecule has 0 saturated carbocycles. The van der Waals surface area contributed by atoms with E-state index in [1.165, 1.54) is 16.4 Å². The molecule has 1 aliphatic rings. The summed E-state index contributed by atoms with van der Waals surface area (Å²) < 4.78 is 31.1. The minimum Gasteiger partial charge on any atom is -0.450 e. The molecule has 1 fully saturated rings. The first-order valence-electron chi connectivity index (χ1n) is 7.16. The fourth-order valence-electron chi connectivity index (χ4n) is 2.36. The molecule has 0 aliphatic carbocycles. The highest BCUT2D eigenvalue weighted by atomic mass is 32.2. The Morgan fingerprint density at radius 3 is 2.41 bits per heavy atom. The van der Waals surface area contributed by atoms with Gasteiger partial charge in [-0.1, -0.05) is 18.6 Å². The van der Waals surface area contributed by atoms with E-state index in [2.05, 4.69) is 4.74 Å². The summed E-state index contributed by atoms with van der Waals surface area (Å²) in [7, 11) is -3.45. The quantitative estimate of drug-likeness (QED) is 0.766. The zero-order valence-electron chi connectivity index (χ0n) is 12.2. The minimum absolute atomic E-state index is 0.0196. The minimum atomic E-state index is -3.45. The number of nitrogens with zero attached hydrogens (tertiary/aromatic N) is 2. The Balaban J connectivity index is 2.05. The first-order valence-corrected chi connectivity index (χ1v) is 8.60. The van der Waals surface area contributed by atoms with Gasteiger partial charge < -0.3 is 4.74 Å². The zero-order valence-corrected chi connectivity index (χ0v) is 13.0. The molecule has 0 bridgehead atoms. The third-order valence-electron chi connectivity index (χ3n) is 3.52. The van der Waals surface area contributed by atoms with Crippen LogP contribution in [0.3, 0.4) is 0 Å². The lowest BCUT2D eigenvalue weighted by atomic mass is 10.1. The number of hydrogen-bond donors (Lipinski definition) is 0. The highest BCUT2D eigenvalue weighted by Crippen LogP contribution is 2.21. The molecular weight excluding hydrogens is 304 g/mol. The molecule has 1 heterocycles. The number of ether oxygens (including phenoxy) is 1. The van der Waals surface area contributed by atoms with E-state index in [0.717, 1.165) is 19.3 Å². The van der Waals surface area contributed by atoms with Crippen LogP contribution in [0, 0.1) is 11.3 Å². The van der Waals surface area contributed by atoms with Gasteiger partial charge >= 0.3 is 5.97 Å². The maximum absolute atomic E-state index is 12.5. The van der Waals surface area contributed by atoms with Gasteiger partial charge in [-0.25, -0.2) is 8.42 Å². The predicted molar refractivity (Wildman–Crippen MR) is 79.3 cm³/mol. The standard InChI is InChI=1S/C15H18N2O4S/c16-8-11-21-15(18)12-13-4-6-14(7-5-13)22(19,20)17-9-2-1-3-10-17/h4-7H,1-3,9-12H2. The highest BCUT2D eigenvalue weighted by molar-refractivity contribution is 7.89. The number of nitriles is 1. The smallest absolute Gasteiger partial charge is 0.311 e. The summed E-state index contributed by atoms with van der Waals surface area (Å²) in [6.07, 6.45) is 2.87. The Kier molecular flexibility index (Phi) is 5.52. The van der Waals surface area contributed by atoms with E-state index in [0.29, 0.717) is 18.7 Å². The van der Waals surface area contributed by atoms with Crippen molar-refractivity contribution in [1.29, 1.82) is 5.26 Å². The highest BCUT2D eigenvalue weighted by Gasteiger charge is 2.25. The second-order valence-corrected chi connectivity index (χ2v) is 7.04. The van der Waals surface area contributed by atoms with Gasteiger partial charge in [0.1, 0.15) is 6.07 Å². The monoisotopic (exact) mass is 322 g/mol. The number of esters is 1. The lowest BCUT2D eigenvalue weighted by molar-refractivity contribution is -0.141. The molecule has 0 amide bonds. The van der Waals surface area contributed by atoms with E-state index in [-0.39, 0.29) is 17.9 Å². The van der Waals surface area contributed by atoms with Gasteiger partial charge in [0.2, 0.25) is 10.0 Å². The molecule has 1 aliphatic heterocycles. The summed E-state index contributed by atoms with van der Waals surface area (Å²) in [5, 5.41) is 8.33. The average Bonchev–Trinajstić information content (AvgIpc) is 2.54. The van der Waals surface area contributed by atoms with Crippen molar-refractivity contribution >= 4 is 16.0 Å². The van der Waals surface area contributed by atoms with Gasteiger partial charge in [0.05, 0.1) is 11.3 Å². The van der Waals surface area contributed by atoms with Crippen molar-refractivity contribution in [2.24, 2.45) is 0 Å². The number of benzene rings is 1. The van der Waals surface area contributed by atoms with Crippen molar-refractivity contribution in [2.75, 3.05) is 19.7 Å². The third-order valence-corrected chi connectivity index (χ3v) is 5.44. The van der Waals surface area contributed by atoms with Crippen LogP contribution in [0.15, 0.2) is 29.2 Å². The molecule has 2 rings (SSSR count). The summed E-state index contributed by atoms with van der Waals surface area (Å²) in [6, 6.07) is 7.95. The molecule has 1 aromatic rings. The molecular formula is C15H18N2O4S. The largest absolute Gasteiger partial charge is 0.450 e. The summed E-state index contributed by atoms with van der Waals surface area (Å²) >= 11 is 0. The first kappa shape index (κ1) is 16.5. The number of carbonyl (C=O) groups is 1. The molecule has 22 heavy (non-hydrogen) atoms. The molecule has 0 spiro atoms. The molecule has 0 unspecified atom stereocenters. The SMILES string of the molecule is N#CCOC(=O)Cc1ccc(S(=O)(=O)N2CCCCC2)cc1. The van der Waals surface area contributed by atoms with Crippen LogP contribution in [-0.4, -0.2) is 38.4 Å². The molecule has 0 atom stereocenters. The fourth-order valence-corrected chi connectivity index (χ4v) is 3.88. The fraction of sp³-hybridized carbons (Fsp3) is 0.467. The van der Waals surface area contributed by atoms with Crippen LogP contribution in [0.4, 0.5) is 0 Å². The number of rotatable bonds is 5. The Labute approximate surface area is 130 Å². The predicted octanol–water partition coefficient (Wildman–Crippen LogP) is 1.47. The van der Waals surface area contributed by atoms with Crippen molar-refractivity contribution in [2.45, 2.75) is 30.6 Å². The summed E-state index contributed by atoms with van der Waals surface area (Å²) in [5.41, 5.74) is 0.653. The van der Waals surface area contributed by atoms with Gasteiger partial charge in [0, 0.05) is 13.1 Å². The summed E-state index contributed by atoms with van der Waals surface area (Å²) in [5.74, 6) is -0.506. The van der Waals surface area contributed by atoms with E-state index in [1.807, 2.05) is 0 Å². The summed E-state index contributed by atoms with van der Waals surface area (Å²) in [6.45, 7) is 0.843. The lowest BCUT2D eigenvalue weighted by Crippen LogP contribution is -2.35. The Bertz CT molecular complexity index is 656. The number of piperidine rings is 1. The maximum Gasteiger partial charge on any atom is 0.311 e. The van der Waals surface area contributed by atoms with Crippen LogP contribution in [0.5, 0.6) is 0 Å². The van der Waals surface area contributed by atoms with Crippen molar-refractivity contribution < 1.29 is 17.9 Å². The number of carbonyl (C=O) groups excluding carboxylic acids is 1. The van der Waals surface area contributed by atoms with E-state index in [1.54, 1.807) is 18.2 Å². The van der Waals surface area contributed by atoms with Gasteiger partial charge in [-0.15, -0.1) is 0 Å². The first-order chi connectivity index (χ1) is 10.5. The second kappa shape index (κ2) is 7.38. The van der Waals surface area contributed by atoms with Crippen LogP contribution in [0.1, 0.15) is 24.8 Å². The maximum atomic E-state index is 12.5. The van der Waals surface area contributed by atoms with E-state index in [4.69, 9.17) is 5.26 Å². The molecule has 1 saturated heterocycles. The molecule has 0 radical (unpaired) electrons. The lowest BCUT2D eigenvalue weighted by Gasteiger charge is -2.25. The van der Waals surface area contributed by atoms with Crippen LogP contribution in [-0.2, 0) is 26.0 Å². The van der Waals surface area contributed by atoms with Gasteiger partial charge in [0.25, 0.3) is 0 Å². The molecule has 118 valence electrons. The van der Waals surface area contributed by atoms with Crippen molar-refractivity contribution in [3.63, 3.8) is 0 Å². The second-order valence-electron chi connectivity index (χ2n) is 5.10. The molecule has 6 nitrogen and oxygen atoms in total. The summed E-state index contributed by atoms with van der Waals surface area (Å²) in [4.78, 5) is 11.6. The molecule has 0 aromatic heterocycles. The van der Waals surface area contributed by atoms with E-state index >= 15 is 0 Å². The van der Waals surface area contributed by atoms with Gasteiger partial charge in [-0.2, -0.15) is 9.57 Å². The van der Waals surface area contributed by atoms with Crippen molar-refractivity contribution in [3.05, 3.63) is 29.8 Å². The Morgan fingerprint density at radius 2 is 1.82 bits per heavy atom. The molecule has 7 heteroatoms. The zero-order chi connectivity index (χ0) is 16.0. The van der Waals surface area contributed by atoms with Gasteiger partial charge in [-0.05, 0) is 30.5 Å². The third kappa shape index (κ3) is 4.06. The molecule has 1 aromatic carbocycles. The van der Waals surface area contributed by atoms with Crippen LogP contribution < -0.4 is 0 Å². The van der Waals surface area contributed by atoms with Crippen molar-refractivity contribution in [1.82, 2.24) is 4.31 Å². The number of sulfonamides is 1. The van der Waals surface area contributed by atoms with E-state index < -0.39 is 16.0 Å². The van der Waals surface area contributed by atoms with Crippen LogP contribution in [0.25, 0.3) is 0 Å². The van der Waals surface area contributed by atoms with Crippen LogP contribution >= 0.6 is 0 Å².